The maximum absolute atomic E-state index is 13.9. The number of pyridine rings is 1. The third kappa shape index (κ3) is 3.31. The standard InChI is InChI=1S/C24H21ClFN5O2/c25-16-2-1-3-17-19(16)23(30-20-12-6-4-11(5-7-12)18(20)24(32)33)31-22(29-17)15-10-28-21-14(15)8-13(26)9-27-21/h1-3,8-12,18,20H,4-7H2,(H,27,28)(H,32,33)(H,29,30,31). The van der Waals surface area contributed by atoms with Gasteiger partial charge in [0, 0.05) is 23.2 Å². The molecule has 2 bridgehead atoms. The second-order valence-electron chi connectivity index (χ2n) is 8.99. The molecule has 3 aliphatic carbocycles. The summed E-state index contributed by atoms with van der Waals surface area (Å²) in [5.74, 6) is -0.381. The lowest BCUT2D eigenvalue weighted by Crippen LogP contribution is -2.51. The highest BCUT2D eigenvalue weighted by molar-refractivity contribution is 6.36. The number of carboxylic acids is 1. The van der Waals surface area contributed by atoms with Gasteiger partial charge in [-0.25, -0.2) is 19.3 Å². The number of aromatic amines is 1. The van der Waals surface area contributed by atoms with Gasteiger partial charge in [-0.2, -0.15) is 0 Å². The highest BCUT2D eigenvalue weighted by atomic mass is 35.5. The summed E-state index contributed by atoms with van der Waals surface area (Å²) in [6.07, 6.45) is 6.76. The molecule has 3 saturated carbocycles. The molecule has 0 radical (unpaired) electrons. The highest BCUT2D eigenvalue weighted by Gasteiger charge is 2.47. The van der Waals surface area contributed by atoms with Gasteiger partial charge in [0.05, 0.1) is 28.0 Å². The van der Waals surface area contributed by atoms with E-state index in [1.165, 1.54) is 6.07 Å². The lowest BCUT2D eigenvalue weighted by molar-refractivity contribution is -0.148. The molecule has 33 heavy (non-hydrogen) atoms. The number of fused-ring (bicyclic) bond motifs is 5. The molecule has 3 fully saturated rings. The number of carboxylic acid groups (broad SMARTS) is 1. The van der Waals surface area contributed by atoms with Gasteiger partial charge < -0.3 is 15.4 Å². The number of halogens is 2. The second kappa shape index (κ2) is 7.66. The number of anilines is 1. The van der Waals surface area contributed by atoms with Crippen LogP contribution in [0.3, 0.4) is 0 Å². The Morgan fingerprint density at radius 1 is 1.18 bits per heavy atom. The quantitative estimate of drug-likeness (QED) is 0.379. The zero-order chi connectivity index (χ0) is 22.7. The molecule has 0 spiro atoms. The number of benzene rings is 1. The van der Waals surface area contributed by atoms with Crippen LogP contribution < -0.4 is 5.32 Å². The van der Waals surface area contributed by atoms with Crippen molar-refractivity contribution in [2.75, 3.05) is 5.32 Å². The van der Waals surface area contributed by atoms with Gasteiger partial charge in [0.1, 0.15) is 17.3 Å². The molecule has 3 aliphatic rings. The summed E-state index contributed by atoms with van der Waals surface area (Å²) in [6.45, 7) is 0. The number of aromatic nitrogens is 4. The number of nitrogens with one attached hydrogen (secondary N) is 2. The lowest BCUT2D eigenvalue weighted by Gasteiger charge is -2.47. The van der Waals surface area contributed by atoms with Crippen molar-refractivity contribution in [2.24, 2.45) is 17.8 Å². The molecule has 7 nitrogen and oxygen atoms in total. The minimum atomic E-state index is -0.773. The molecule has 3 heterocycles. The normalized spacial score (nSPS) is 24.4. The average Bonchev–Trinajstić information content (AvgIpc) is 3.22. The second-order valence-corrected chi connectivity index (χ2v) is 9.40. The van der Waals surface area contributed by atoms with Crippen LogP contribution in [0, 0.1) is 23.6 Å². The summed E-state index contributed by atoms with van der Waals surface area (Å²) in [6, 6.07) is 6.58. The van der Waals surface area contributed by atoms with E-state index < -0.39 is 17.7 Å². The fraction of sp³-hybridized carbons (Fsp3) is 0.333. The average molecular weight is 466 g/mol. The Balaban J connectivity index is 1.51. The van der Waals surface area contributed by atoms with Crippen LogP contribution in [0.1, 0.15) is 25.7 Å². The molecule has 3 aromatic heterocycles. The van der Waals surface area contributed by atoms with Crippen molar-refractivity contribution < 1.29 is 14.3 Å². The Hall–Kier alpha value is -3.26. The topological polar surface area (TPSA) is 104 Å². The highest BCUT2D eigenvalue weighted by Crippen LogP contribution is 2.47. The maximum Gasteiger partial charge on any atom is 0.308 e. The maximum atomic E-state index is 13.9. The van der Waals surface area contributed by atoms with Crippen LogP contribution in [0.25, 0.3) is 33.3 Å². The molecule has 0 aliphatic heterocycles. The summed E-state index contributed by atoms with van der Waals surface area (Å²) in [7, 11) is 0. The third-order valence-electron chi connectivity index (χ3n) is 7.22. The van der Waals surface area contributed by atoms with Crippen molar-refractivity contribution in [3.63, 3.8) is 0 Å². The van der Waals surface area contributed by atoms with E-state index in [1.54, 1.807) is 12.3 Å². The predicted octanol–water partition coefficient (Wildman–Crippen LogP) is 5.27. The Bertz CT molecular complexity index is 1400. The van der Waals surface area contributed by atoms with E-state index in [1.807, 2.05) is 12.1 Å². The summed E-state index contributed by atoms with van der Waals surface area (Å²) in [5.41, 5.74) is 1.77. The van der Waals surface area contributed by atoms with Gasteiger partial charge in [-0.05, 0) is 55.7 Å². The van der Waals surface area contributed by atoms with Crippen LogP contribution in [-0.2, 0) is 4.79 Å². The van der Waals surface area contributed by atoms with E-state index >= 15 is 0 Å². The van der Waals surface area contributed by atoms with Crippen LogP contribution in [0.2, 0.25) is 5.02 Å². The Kier molecular flexibility index (Phi) is 4.72. The smallest absolute Gasteiger partial charge is 0.308 e. The van der Waals surface area contributed by atoms with Crippen molar-refractivity contribution in [1.29, 1.82) is 0 Å². The minimum Gasteiger partial charge on any atom is -0.481 e. The van der Waals surface area contributed by atoms with Crippen molar-refractivity contribution in [2.45, 2.75) is 31.7 Å². The number of hydrogen-bond donors (Lipinski definition) is 3. The molecule has 3 N–H and O–H groups in total. The van der Waals surface area contributed by atoms with Gasteiger partial charge >= 0.3 is 5.97 Å². The van der Waals surface area contributed by atoms with Crippen molar-refractivity contribution in [3.05, 3.63) is 47.5 Å². The number of rotatable bonds is 4. The van der Waals surface area contributed by atoms with Gasteiger partial charge in [0.25, 0.3) is 0 Å². The summed E-state index contributed by atoms with van der Waals surface area (Å²) in [4.78, 5) is 28.8. The fourth-order valence-electron chi connectivity index (χ4n) is 5.70. The zero-order valence-electron chi connectivity index (χ0n) is 17.6. The first-order valence-corrected chi connectivity index (χ1v) is 11.5. The van der Waals surface area contributed by atoms with Gasteiger partial charge in [0.2, 0.25) is 0 Å². The van der Waals surface area contributed by atoms with E-state index in [2.05, 4.69) is 15.3 Å². The summed E-state index contributed by atoms with van der Waals surface area (Å²) < 4.78 is 13.9. The van der Waals surface area contributed by atoms with Crippen molar-refractivity contribution in [1.82, 2.24) is 19.9 Å². The van der Waals surface area contributed by atoms with Gasteiger partial charge in [-0.1, -0.05) is 17.7 Å². The lowest BCUT2D eigenvalue weighted by atomic mass is 9.61. The van der Waals surface area contributed by atoms with Gasteiger partial charge in [0.15, 0.2) is 5.82 Å². The SMILES string of the molecule is O=C(O)C1C2CCC(CC2)C1Nc1nc(-c2c[nH]c3ncc(F)cc23)nc2cccc(Cl)c12. The van der Waals surface area contributed by atoms with Gasteiger partial charge in [-0.3, -0.25) is 4.79 Å². The predicted molar refractivity (Wildman–Crippen MR) is 124 cm³/mol. The molecule has 168 valence electrons. The summed E-state index contributed by atoms with van der Waals surface area (Å²) in [5, 5.41) is 15.2. The molecular weight excluding hydrogens is 445 g/mol. The third-order valence-corrected chi connectivity index (χ3v) is 7.53. The molecule has 9 heteroatoms. The zero-order valence-corrected chi connectivity index (χ0v) is 18.3. The van der Waals surface area contributed by atoms with E-state index in [-0.39, 0.29) is 17.9 Å². The van der Waals surface area contributed by atoms with E-state index in [4.69, 9.17) is 21.6 Å². The molecular formula is C24H21ClFN5O2. The van der Waals surface area contributed by atoms with Crippen molar-refractivity contribution in [3.8, 4) is 11.4 Å². The first kappa shape index (κ1) is 20.4. The number of hydrogen-bond acceptors (Lipinski definition) is 5. The van der Waals surface area contributed by atoms with Crippen LogP contribution in [0.15, 0.2) is 36.7 Å². The molecule has 7 rings (SSSR count). The number of H-pyrrole nitrogens is 1. The first-order chi connectivity index (χ1) is 16.0. The largest absolute Gasteiger partial charge is 0.481 e. The van der Waals surface area contributed by atoms with Crippen LogP contribution in [-0.4, -0.2) is 37.1 Å². The molecule has 0 saturated heterocycles. The first-order valence-electron chi connectivity index (χ1n) is 11.1. The fourth-order valence-corrected chi connectivity index (χ4v) is 5.96. The molecule has 2 atom stereocenters. The molecule has 1 aromatic carbocycles. The van der Waals surface area contributed by atoms with E-state index in [0.29, 0.717) is 44.2 Å². The number of nitrogens with zero attached hydrogens (tertiary/aromatic N) is 3. The minimum absolute atomic E-state index is 0.163. The number of carbonyl (C=O) groups is 1. The Labute approximate surface area is 193 Å². The van der Waals surface area contributed by atoms with Crippen LogP contribution >= 0.6 is 11.6 Å². The van der Waals surface area contributed by atoms with E-state index in [9.17, 15) is 14.3 Å². The van der Waals surface area contributed by atoms with Crippen LogP contribution in [0.4, 0.5) is 10.2 Å². The van der Waals surface area contributed by atoms with Crippen LogP contribution in [0.5, 0.6) is 0 Å². The van der Waals surface area contributed by atoms with Crippen molar-refractivity contribution >= 4 is 45.3 Å². The van der Waals surface area contributed by atoms with Gasteiger partial charge in [-0.15, -0.1) is 0 Å². The Morgan fingerprint density at radius 2 is 1.97 bits per heavy atom. The number of aliphatic carboxylic acids is 1. The summed E-state index contributed by atoms with van der Waals surface area (Å²) >= 11 is 6.55. The molecule has 0 amide bonds. The monoisotopic (exact) mass is 465 g/mol. The molecule has 4 aromatic rings. The van der Waals surface area contributed by atoms with E-state index in [0.717, 1.165) is 31.9 Å². The Morgan fingerprint density at radius 3 is 2.76 bits per heavy atom. The molecule has 2 unspecified atom stereocenters.